The van der Waals surface area contributed by atoms with Crippen LogP contribution in [0.25, 0.3) is 11.1 Å². The molecule has 0 radical (unpaired) electrons. The summed E-state index contributed by atoms with van der Waals surface area (Å²) in [5, 5.41) is 2.67. The molecule has 6 heteroatoms. The average Bonchev–Trinajstić information content (AvgIpc) is 2.64. The Balaban J connectivity index is 1.63. The van der Waals surface area contributed by atoms with Crippen molar-refractivity contribution < 1.29 is 18.3 Å². The summed E-state index contributed by atoms with van der Waals surface area (Å²) in [6.45, 7) is -0.360. The third kappa shape index (κ3) is 4.37. The van der Waals surface area contributed by atoms with E-state index in [1.807, 2.05) is 36.4 Å². The van der Waals surface area contributed by atoms with E-state index < -0.39 is 17.5 Å². The predicted molar refractivity (Wildman–Crippen MR) is 97.4 cm³/mol. The number of carbonyl (C=O) groups excluding carboxylic acids is 1. The van der Waals surface area contributed by atoms with E-state index in [1.165, 1.54) is 0 Å². The minimum Gasteiger partial charge on any atom is -0.482 e. The Bertz CT molecular complexity index is 932. The molecule has 0 unspecified atom stereocenters. The maximum Gasteiger partial charge on any atom is 0.262 e. The fraction of sp³-hybridized carbons (Fsp3) is 0.0500. The number of carbonyl (C=O) groups is 1. The van der Waals surface area contributed by atoms with Gasteiger partial charge in [0.1, 0.15) is 17.4 Å². The molecule has 3 aromatic rings. The molecule has 0 heterocycles. The van der Waals surface area contributed by atoms with E-state index in [1.54, 1.807) is 12.1 Å². The first-order chi connectivity index (χ1) is 12.5. The van der Waals surface area contributed by atoms with Crippen LogP contribution in [0.3, 0.4) is 0 Å². The minimum atomic E-state index is -0.858. The van der Waals surface area contributed by atoms with Gasteiger partial charge in [0.2, 0.25) is 0 Å². The van der Waals surface area contributed by atoms with Gasteiger partial charge in [-0.25, -0.2) is 8.78 Å². The molecule has 26 heavy (non-hydrogen) atoms. The van der Waals surface area contributed by atoms with Crippen molar-refractivity contribution in [1.82, 2.24) is 0 Å². The van der Waals surface area contributed by atoms with Crippen molar-refractivity contribution in [2.24, 2.45) is 0 Å². The number of rotatable bonds is 5. The Morgan fingerprint density at radius 2 is 1.73 bits per heavy atom. The average molecular weight is 374 g/mol. The quantitative estimate of drug-likeness (QED) is 0.658. The van der Waals surface area contributed by atoms with Gasteiger partial charge in [0.25, 0.3) is 5.91 Å². The third-order valence-electron chi connectivity index (χ3n) is 3.60. The van der Waals surface area contributed by atoms with E-state index in [9.17, 15) is 13.6 Å². The number of nitrogens with one attached hydrogen (secondary N) is 1. The molecule has 0 aliphatic carbocycles. The molecular formula is C20H14ClF2NO2. The van der Waals surface area contributed by atoms with Gasteiger partial charge in [-0.2, -0.15) is 0 Å². The van der Waals surface area contributed by atoms with Crippen molar-refractivity contribution in [3.8, 4) is 16.9 Å². The topological polar surface area (TPSA) is 38.3 Å². The summed E-state index contributed by atoms with van der Waals surface area (Å²) in [5.41, 5.74) is 1.80. The highest BCUT2D eigenvalue weighted by molar-refractivity contribution is 6.32. The van der Waals surface area contributed by atoms with E-state index in [0.29, 0.717) is 16.8 Å². The van der Waals surface area contributed by atoms with E-state index in [-0.39, 0.29) is 12.3 Å². The van der Waals surface area contributed by atoms with Crippen LogP contribution >= 0.6 is 11.6 Å². The van der Waals surface area contributed by atoms with Crippen molar-refractivity contribution in [3.63, 3.8) is 0 Å². The van der Waals surface area contributed by atoms with Crippen LogP contribution < -0.4 is 10.1 Å². The normalized spacial score (nSPS) is 10.4. The zero-order chi connectivity index (χ0) is 18.5. The molecule has 0 bridgehead atoms. The van der Waals surface area contributed by atoms with Crippen molar-refractivity contribution >= 4 is 23.2 Å². The highest BCUT2D eigenvalue weighted by atomic mass is 35.5. The van der Waals surface area contributed by atoms with Gasteiger partial charge in [-0.15, -0.1) is 0 Å². The molecule has 3 rings (SSSR count). The summed E-state index contributed by atoms with van der Waals surface area (Å²) in [6.07, 6.45) is 0. The molecule has 0 aliphatic rings. The highest BCUT2D eigenvalue weighted by Crippen LogP contribution is 2.30. The molecule has 0 spiro atoms. The SMILES string of the molecule is O=C(COc1ccc(-c2ccccc2)cc1Cl)Nc1ccc(F)cc1F. The molecule has 0 aliphatic heterocycles. The van der Waals surface area contributed by atoms with Crippen LogP contribution in [0.2, 0.25) is 5.02 Å². The fourth-order valence-corrected chi connectivity index (χ4v) is 2.58. The van der Waals surface area contributed by atoms with Crippen LogP contribution in [0.1, 0.15) is 0 Å². The molecule has 3 nitrogen and oxygen atoms in total. The number of benzene rings is 3. The van der Waals surface area contributed by atoms with Crippen LogP contribution in [0.4, 0.5) is 14.5 Å². The molecule has 0 saturated carbocycles. The summed E-state index contributed by atoms with van der Waals surface area (Å²) in [7, 11) is 0. The lowest BCUT2D eigenvalue weighted by molar-refractivity contribution is -0.118. The molecule has 0 fully saturated rings. The summed E-state index contributed by atoms with van der Waals surface area (Å²) in [4.78, 5) is 11.9. The second kappa shape index (κ2) is 7.97. The lowest BCUT2D eigenvalue weighted by atomic mass is 10.1. The van der Waals surface area contributed by atoms with Crippen LogP contribution in [0, 0.1) is 11.6 Å². The van der Waals surface area contributed by atoms with E-state index in [4.69, 9.17) is 16.3 Å². The molecule has 1 amide bonds. The lowest BCUT2D eigenvalue weighted by Gasteiger charge is -2.10. The monoisotopic (exact) mass is 373 g/mol. The Kier molecular flexibility index (Phi) is 5.49. The van der Waals surface area contributed by atoms with E-state index in [0.717, 1.165) is 23.3 Å². The number of ether oxygens (including phenoxy) is 1. The summed E-state index contributed by atoms with van der Waals surface area (Å²) >= 11 is 6.21. The first kappa shape index (κ1) is 17.9. The molecular weight excluding hydrogens is 360 g/mol. The number of hydrogen-bond acceptors (Lipinski definition) is 2. The second-order valence-electron chi connectivity index (χ2n) is 5.47. The van der Waals surface area contributed by atoms with Gasteiger partial charge in [-0.05, 0) is 35.4 Å². The lowest BCUT2D eigenvalue weighted by Crippen LogP contribution is -2.20. The number of hydrogen-bond donors (Lipinski definition) is 1. The number of amides is 1. The minimum absolute atomic E-state index is 0.120. The standard InChI is InChI=1S/C20H14ClF2NO2/c21-16-10-14(13-4-2-1-3-5-13)6-9-19(16)26-12-20(25)24-18-8-7-15(22)11-17(18)23/h1-11H,12H2,(H,24,25). The zero-order valence-electron chi connectivity index (χ0n) is 13.5. The van der Waals surface area contributed by atoms with E-state index >= 15 is 0 Å². The number of anilines is 1. The first-order valence-corrected chi connectivity index (χ1v) is 8.13. The maximum absolute atomic E-state index is 13.5. The largest absolute Gasteiger partial charge is 0.482 e. The fourth-order valence-electron chi connectivity index (χ4n) is 2.35. The molecule has 132 valence electrons. The van der Waals surface area contributed by atoms with Crippen LogP contribution in [-0.2, 0) is 4.79 Å². The molecule has 0 atom stereocenters. The van der Waals surface area contributed by atoms with Gasteiger partial charge in [0, 0.05) is 6.07 Å². The second-order valence-corrected chi connectivity index (χ2v) is 5.88. The van der Waals surface area contributed by atoms with Crippen molar-refractivity contribution in [3.05, 3.63) is 83.4 Å². The van der Waals surface area contributed by atoms with Gasteiger partial charge >= 0.3 is 0 Å². The maximum atomic E-state index is 13.5. The zero-order valence-corrected chi connectivity index (χ0v) is 14.3. The molecule has 0 saturated heterocycles. The van der Waals surface area contributed by atoms with Gasteiger partial charge in [-0.3, -0.25) is 4.79 Å². The Morgan fingerprint density at radius 1 is 0.962 bits per heavy atom. The first-order valence-electron chi connectivity index (χ1n) is 7.75. The van der Waals surface area contributed by atoms with E-state index in [2.05, 4.69) is 5.32 Å². The Hall–Kier alpha value is -2.92. The molecule has 3 aromatic carbocycles. The van der Waals surface area contributed by atoms with Crippen molar-refractivity contribution in [2.75, 3.05) is 11.9 Å². The smallest absolute Gasteiger partial charge is 0.262 e. The van der Waals surface area contributed by atoms with Crippen molar-refractivity contribution in [2.45, 2.75) is 0 Å². The highest BCUT2D eigenvalue weighted by Gasteiger charge is 2.10. The Labute approximate surface area is 154 Å². The van der Waals surface area contributed by atoms with Crippen LogP contribution in [-0.4, -0.2) is 12.5 Å². The third-order valence-corrected chi connectivity index (χ3v) is 3.90. The van der Waals surface area contributed by atoms with Crippen LogP contribution in [0.5, 0.6) is 5.75 Å². The summed E-state index contributed by atoms with van der Waals surface area (Å²) in [6, 6.07) is 17.8. The van der Waals surface area contributed by atoms with Crippen LogP contribution in [0.15, 0.2) is 66.7 Å². The van der Waals surface area contributed by atoms with Gasteiger partial charge in [-0.1, -0.05) is 48.0 Å². The molecule has 1 N–H and O–H groups in total. The summed E-state index contributed by atoms with van der Waals surface area (Å²) < 4.78 is 31.8. The Morgan fingerprint density at radius 3 is 2.42 bits per heavy atom. The number of halogens is 3. The van der Waals surface area contributed by atoms with Gasteiger partial charge in [0.05, 0.1) is 10.7 Å². The summed E-state index contributed by atoms with van der Waals surface area (Å²) in [5.74, 6) is -1.83. The molecule has 0 aromatic heterocycles. The van der Waals surface area contributed by atoms with Gasteiger partial charge in [0.15, 0.2) is 6.61 Å². The van der Waals surface area contributed by atoms with Gasteiger partial charge < -0.3 is 10.1 Å². The predicted octanol–water partition coefficient (Wildman–Crippen LogP) is 5.30. The van der Waals surface area contributed by atoms with Crippen molar-refractivity contribution in [1.29, 1.82) is 0 Å².